The minimum Gasteiger partial charge on any atom is -0.322 e. The zero-order valence-corrected chi connectivity index (χ0v) is 11.6. The number of nitrogens with zero attached hydrogens (tertiary/aromatic N) is 2. The van der Waals surface area contributed by atoms with Crippen LogP contribution in [0.2, 0.25) is 0 Å². The number of hydrazine groups is 1. The number of pyridine rings is 1. The Morgan fingerprint density at radius 2 is 2.00 bits per heavy atom. The molecule has 0 atom stereocenters. The van der Waals surface area contributed by atoms with Gasteiger partial charge >= 0.3 is 0 Å². The average molecular weight is 270 g/mol. The van der Waals surface area contributed by atoms with E-state index in [0.29, 0.717) is 17.8 Å². The van der Waals surface area contributed by atoms with Gasteiger partial charge in [0, 0.05) is 18.4 Å². The molecular formula is C15H18N4O. The summed E-state index contributed by atoms with van der Waals surface area (Å²) in [4.78, 5) is 18.3. The third kappa shape index (κ3) is 2.78. The molecule has 1 amide bonds. The normalized spacial score (nSPS) is 10.2. The van der Waals surface area contributed by atoms with Gasteiger partial charge in [0.15, 0.2) is 0 Å². The molecule has 0 fully saturated rings. The molecule has 0 saturated heterocycles. The maximum absolute atomic E-state index is 12.6. The summed E-state index contributed by atoms with van der Waals surface area (Å²) in [5, 5.41) is 0. The third-order valence-corrected chi connectivity index (χ3v) is 3.11. The summed E-state index contributed by atoms with van der Waals surface area (Å²) in [5.74, 6) is 5.32. The number of aryl methyl sites for hydroxylation is 1. The predicted octanol–water partition coefficient (Wildman–Crippen LogP) is 2.34. The summed E-state index contributed by atoms with van der Waals surface area (Å²) in [7, 11) is 0. The van der Waals surface area contributed by atoms with Crippen LogP contribution in [0.5, 0.6) is 0 Å². The van der Waals surface area contributed by atoms with Crippen LogP contribution in [0.3, 0.4) is 0 Å². The zero-order chi connectivity index (χ0) is 14.5. The van der Waals surface area contributed by atoms with Gasteiger partial charge in [0.2, 0.25) is 0 Å². The van der Waals surface area contributed by atoms with Crippen LogP contribution in [-0.2, 0) is 0 Å². The molecule has 2 rings (SSSR count). The molecular weight excluding hydrogens is 252 g/mol. The largest absolute Gasteiger partial charge is 0.322 e. The van der Waals surface area contributed by atoms with Crippen molar-refractivity contribution in [3.63, 3.8) is 0 Å². The molecule has 0 aliphatic heterocycles. The Bertz CT molecular complexity index is 595. The predicted molar refractivity (Wildman–Crippen MR) is 80.6 cm³/mol. The molecule has 2 aromatic rings. The van der Waals surface area contributed by atoms with E-state index in [-0.39, 0.29) is 5.91 Å². The summed E-state index contributed by atoms with van der Waals surface area (Å²) in [5.41, 5.74) is 5.55. The van der Waals surface area contributed by atoms with Crippen LogP contribution < -0.4 is 16.2 Å². The Morgan fingerprint density at radius 1 is 1.30 bits per heavy atom. The number of hydrogen-bond acceptors (Lipinski definition) is 4. The lowest BCUT2D eigenvalue weighted by Gasteiger charge is -2.22. The van der Waals surface area contributed by atoms with Gasteiger partial charge in [0.25, 0.3) is 5.91 Å². The second-order valence-electron chi connectivity index (χ2n) is 4.45. The molecule has 1 aromatic carbocycles. The molecule has 0 aliphatic carbocycles. The number of carbonyl (C=O) groups excluding carboxylic acids is 1. The topological polar surface area (TPSA) is 71.2 Å². The monoisotopic (exact) mass is 270 g/mol. The van der Waals surface area contributed by atoms with Gasteiger partial charge in [-0.1, -0.05) is 17.7 Å². The molecule has 1 aromatic heterocycles. The fraction of sp³-hybridized carbons (Fsp3) is 0.200. The van der Waals surface area contributed by atoms with E-state index in [0.717, 1.165) is 11.3 Å². The molecule has 20 heavy (non-hydrogen) atoms. The lowest BCUT2D eigenvalue weighted by Crippen LogP contribution is -2.31. The van der Waals surface area contributed by atoms with Crippen LogP contribution in [0, 0.1) is 6.92 Å². The lowest BCUT2D eigenvalue weighted by atomic mass is 10.1. The number of carbonyl (C=O) groups is 1. The first-order valence-electron chi connectivity index (χ1n) is 6.46. The summed E-state index contributed by atoms with van der Waals surface area (Å²) in [6.07, 6.45) is 3.12. The summed E-state index contributed by atoms with van der Waals surface area (Å²) < 4.78 is 0. The fourth-order valence-electron chi connectivity index (χ4n) is 2.01. The zero-order valence-electron chi connectivity index (χ0n) is 11.6. The van der Waals surface area contributed by atoms with Crippen LogP contribution in [0.4, 0.5) is 11.4 Å². The van der Waals surface area contributed by atoms with Gasteiger partial charge in [-0.25, -0.2) is 0 Å². The lowest BCUT2D eigenvalue weighted by molar-refractivity contribution is 0.0989. The Labute approximate surface area is 118 Å². The molecule has 0 unspecified atom stereocenters. The second-order valence-corrected chi connectivity index (χ2v) is 4.45. The number of hydrogen-bond donors (Lipinski definition) is 2. The van der Waals surface area contributed by atoms with E-state index in [1.807, 2.05) is 38.1 Å². The van der Waals surface area contributed by atoms with E-state index in [1.165, 1.54) is 6.20 Å². The van der Waals surface area contributed by atoms with E-state index in [9.17, 15) is 4.79 Å². The number of amides is 1. The number of anilines is 2. The molecule has 104 valence electrons. The maximum atomic E-state index is 12.6. The van der Waals surface area contributed by atoms with E-state index in [1.54, 1.807) is 17.2 Å². The Morgan fingerprint density at radius 3 is 2.60 bits per heavy atom. The fourth-order valence-corrected chi connectivity index (χ4v) is 2.01. The highest BCUT2D eigenvalue weighted by Gasteiger charge is 2.18. The first-order valence-corrected chi connectivity index (χ1v) is 6.46. The van der Waals surface area contributed by atoms with Gasteiger partial charge in [-0.2, -0.15) is 0 Å². The highest BCUT2D eigenvalue weighted by molar-refractivity contribution is 6.09. The average Bonchev–Trinajstić information content (AvgIpc) is 2.49. The van der Waals surface area contributed by atoms with E-state index in [2.05, 4.69) is 10.4 Å². The first-order chi connectivity index (χ1) is 9.67. The van der Waals surface area contributed by atoms with Crippen molar-refractivity contribution in [1.29, 1.82) is 0 Å². The molecule has 0 radical (unpaired) electrons. The standard InChI is InChI=1S/C15H18N4O/c1-3-19(12-6-4-11(2)5-7-12)15(20)13-8-9-17-10-14(13)18-16/h4-10,18H,3,16H2,1-2H3. The van der Waals surface area contributed by atoms with Crippen LogP contribution in [0.15, 0.2) is 42.7 Å². The second kappa shape index (κ2) is 6.16. The molecule has 1 heterocycles. The van der Waals surface area contributed by atoms with E-state index >= 15 is 0 Å². The van der Waals surface area contributed by atoms with E-state index < -0.39 is 0 Å². The quantitative estimate of drug-likeness (QED) is 0.661. The van der Waals surface area contributed by atoms with Crippen molar-refractivity contribution in [3.05, 3.63) is 53.9 Å². The third-order valence-electron chi connectivity index (χ3n) is 3.11. The molecule has 3 N–H and O–H groups in total. The van der Waals surface area contributed by atoms with Gasteiger partial charge in [-0.3, -0.25) is 15.6 Å². The Hall–Kier alpha value is -2.40. The van der Waals surface area contributed by atoms with Crippen molar-refractivity contribution >= 4 is 17.3 Å². The number of rotatable bonds is 4. The molecule has 0 spiro atoms. The smallest absolute Gasteiger partial charge is 0.260 e. The molecule has 5 heteroatoms. The number of nitrogens with one attached hydrogen (secondary N) is 1. The first kappa shape index (κ1) is 14.0. The van der Waals surface area contributed by atoms with Gasteiger partial charge in [0.1, 0.15) is 0 Å². The van der Waals surface area contributed by atoms with Crippen LogP contribution >= 0.6 is 0 Å². The Balaban J connectivity index is 2.36. The van der Waals surface area contributed by atoms with Crippen molar-refractivity contribution in [2.45, 2.75) is 13.8 Å². The molecule has 0 bridgehead atoms. The number of nitrogens with two attached hydrogens (primary N) is 1. The molecule has 0 saturated carbocycles. The Kier molecular flexibility index (Phi) is 4.32. The SMILES string of the molecule is CCN(C(=O)c1ccncc1NN)c1ccc(C)cc1. The number of nitrogen functional groups attached to an aromatic ring is 1. The molecule has 0 aliphatic rings. The number of aromatic nitrogens is 1. The van der Waals surface area contributed by atoms with Crippen LogP contribution in [-0.4, -0.2) is 17.4 Å². The van der Waals surface area contributed by atoms with Crippen molar-refractivity contribution in [2.24, 2.45) is 5.84 Å². The van der Waals surface area contributed by atoms with Gasteiger partial charge < -0.3 is 10.3 Å². The summed E-state index contributed by atoms with van der Waals surface area (Å²) in [6, 6.07) is 9.51. The van der Waals surface area contributed by atoms with Crippen LogP contribution in [0.25, 0.3) is 0 Å². The van der Waals surface area contributed by atoms with Crippen molar-refractivity contribution in [2.75, 3.05) is 16.9 Å². The van der Waals surface area contributed by atoms with Gasteiger partial charge in [-0.05, 0) is 32.0 Å². The van der Waals surface area contributed by atoms with Crippen LogP contribution in [0.1, 0.15) is 22.8 Å². The van der Waals surface area contributed by atoms with Crippen molar-refractivity contribution < 1.29 is 4.79 Å². The molecule has 5 nitrogen and oxygen atoms in total. The minimum absolute atomic E-state index is 0.105. The van der Waals surface area contributed by atoms with Gasteiger partial charge in [0.05, 0.1) is 17.4 Å². The maximum Gasteiger partial charge on any atom is 0.260 e. The summed E-state index contributed by atoms with van der Waals surface area (Å²) >= 11 is 0. The van der Waals surface area contributed by atoms with Gasteiger partial charge in [-0.15, -0.1) is 0 Å². The highest BCUT2D eigenvalue weighted by atomic mass is 16.2. The van der Waals surface area contributed by atoms with E-state index in [4.69, 9.17) is 5.84 Å². The summed E-state index contributed by atoms with van der Waals surface area (Å²) in [6.45, 7) is 4.53. The minimum atomic E-state index is -0.105. The number of benzene rings is 1. The highest BCUT2D eigenvalue weighted by Crippen LogP contribution is 2.21. The van der Waals surface area contributed by atoms with Crippen molar-refractivity contribution in [1.82, 2.24) is 4.98 Å². The van der Waals surface area contributed by atoms with Crippen molar-refractivity contribution in [3.8, 4) is 0 Å².